The van der Waals surface area contributed by atoms with Gasteiger partial charge in [-0.3, -0.25) is 9.97 Å². The zero-order chi connectivity index (χ0) is 14.5. The van der Waals surface area contributed by atoms with Gasteiger partial charge in [-0.2, -0.15) is 0 Å². The highest BCUT2D eigenvalue weighted by Gasteiger charge is 2.18. The largest absolute Gasteiger partial charge is 0.305 e. The Kier molecular flexibility index (Phi) is 4.85. The van der Waals surface area contributed by atoms with Crippen LogP contribution in [0.1, 0.15) is 47.3 Å². The molecule has 1 atom stereocenters. The molecule has 0 bridgehead atoms. The van der Waals surface area contributed by atoms with E-state index >= 15 is 0 Å². The van der Waals surface area contributed by atoms with Gasteiger partial charge in [0, 0.05) is 18.6 Å². The molecular formula is C17H23N3. The highest BCUT2D eigenvalue weighted by Crippen LogP contribution is 2.25. The maximum atomic E-state index is 4.66. The van der Waals surface area contributed by atoms with Crippen molar-refractivity contribution >= 4 is 0 Å². The lowest BCUT2D eigenvalue weighted by Crippen LogP contribution is -2.25. The van der Waals surface area contributed by atoms with Crippen molar-refractivity contribution in [1.29, 1.82) is 0 Å². The molecule has 106 valence electrons. The van der Waals surface area contributed by atoms with Crippen LogP contribution in [0.3, 0.4) is 0 Å². The van der Waals surface area contributed by atoms with Crippen molar-refractivity contribution in [2.24, 2.45) is 0 Å². The molecule has 0 aromatic carbocycles. The van der Waals surface area contributed by atoms with Gasteiger partial charge in [0.2, 0.25) is 0 Å². The minimum Gasteiger partial charge on any atom is -0.305 e. The van der Waals surface area contributed by atoms with E-state index in [0.717, 1.165) is 18.7 Å². The molecule has 3 heteroatoms. The predicted octanol–water partition coefficient (Wildman–Crippen LogP) is 3.49. The van der Waals surface area contributed by atoms with Gasteiger partial charge in [-0.25, -0.2) is 0 Å². The number of hydrogen-bond donors (Lipinski definition) is 1. The van der Waals surface area contributed by atoms with E-state index in [1.165, 1.54) is 22.3 Å². The number of aromatic nitrogens is 2. The van der Waals surface area contributed by atoms with Crippen LogP contribution < -0.4 is 5.32 Å². The topological polar surface area (TPSA) is 37.8 Å². The molecule has 0 fully saturated rings. The van der Waals surface area contributed by atoms with Gasteiger partial charge in [-0.15, -0.1) is 0 Å². The molecule has 3 nitrogen and oxygen atoms in total. The molecule has 0 saturated heterocycles. The Balaban J connectivity index is 2.44. The molecule has 0 amide bonds. The summed E-state index contributed by atoms with van der Waals surface area (Å²) >= 11 is 0. The molecule has 1 N–H and O–H groups in total. The summed E-state index contributed by atoms with van der Waals surface area (Å²) in [5.41, 5.74) is 5.97. The van der Waals surface area contributed by atoms with Crippen LogP contribution in [0.25, 0.3) is 0 Å². The van der Waals surface area contributed by atoms with E-state index in [1.54, 1.807) is 0 Å². The normalized spacial score (nSPS) is 12.4. The fourth-order valence-electron chi connectivity index (χ4n) is 2.45. The van der Waals surface area contributed by atoms with Gasteiger partial charge in [0.25, 0.3) is 0 Å². The first-order chi connectivity index (χ1) is 9.63. The van der Waals surface area contributed by atoms with Crippen LogP contribution in [-0.2, 0) is 0 Å². The minimum absolute atomic E-state index is 0.115. The molecule has 0 aliphatic rings. The summed E-state index contributed by atoms with van der Waals surface area (Å²) in [7, 11) is 0. The maximum absolute atomic E-state index is 4.66. The molecule has 20 heavy (non-hydrogen) atoms. The first kappa shape index (κ1) is 14.7. The van der Waals surface area contributed by atoms with Crippen molar-refractivity contribution < 1.29 is 0 Å². The number of nitrogens with zero attached hydrogens (tertiary/aromatic N) is 2. The number of hydrogen-bond acceptors (Lipinski definition) is 3. The Hall–Kier alpha value is -1.74. The van der Waals surface area contributed by atoms with Gasteiger partial charge >= 0.3 is 0 Å². The Morgan fingerprint density at radius 2 is 1.95 bits per heavy atom. The standard InChI is InChI=1S/C17H23N3/c1-5-7-19-17(15-11-18-8-6-13(15)3)16-14(4)9-12(2)10-20-16/h6,8-11,17,19H,5,7H2,1-4H3. The molecule has 0 radical (unpaired) electrons. The summed E-state index contributed by atoms with van der Waals surface area (Å²) in [6.07, 6.45) is 6.82. The average Bonchev–Trinajstić information content (AvgIpc) is 2.42. The molecule has 0 saturated carbocycles. The summed E-state index contributed by atoms with van der Waals surface area (Å²) in [5, 5.41) is 3.60. The van der Waals surface area contributed by atoms with E-state index < -0.39 is 0 Å². The van der Waals surface area contributed by atoms with Gasteiger partial charge < -0.3 is 5.32 Å². The van der Waals surface area contributed by atoms with E-state index in [0.29, 0.717) is 0 Å². The first-order valence-corrected chi connectivity index (χ1v) is 7.20. The van der Waals surface area contributed by atoms with Gasteiger partial charge in [0.05, 0.1) is 11.7 Å². The third kappa shape index (κ3) is 3.23. The molecule has 2 aromatic rings. The fourth-order valence-corrected chi connectivity index (χ4v) is 2.45. The van der Waals surface area contributed by atoms with Crippen molar-refractivity contribution in [2.45, 2.75) is 40.2 Å². The first-order valence-electron chi connectivity index (χ1n) is 7.20. The molecular weight excluding hydrogens is 246 g/mol. The van der Waals surface area contributed by atoms with E-state index in [-0.39, 0.29) is 6.04 Å². The molecule has 0 spiro atoms. The number of nitrogens with one attached hydrogen (secondary N) is 1. The van der Waals surface area contributed by atoms with Crippen molar-refractivity contribution in [3.63, 3.8) is 0 Å². The SMILES string of the molecule is CCCNC(c1cnccc1C)c1ncc(C)cc1C. The lowest BCUT2D eigenvalue weighted by molar-refractivity contribution is 0.579. The van der Waals surface area contributed by atoms with Crippen LogP contribution in [0.15, 0.2) is 30.7 Å². The summed E-state index contributed by atoms with van der Waals surface area (Å²) in [6, 6.07) is 4.36. The van der Waals surface area contributed by atoms with Crippen LogP contribution in [-0.4, -0.2) is 16.5 Å². The zero-order valence-electron chi connectivity index (χ0n) is 12.8. The third-order valence-corrected chi connectivity index (χ3v) is 3.52. The fraction of sp³-hybridized carbons (Fsp3) is 0.412. The highest BCUT2D eigenvalue weighted by atomic mass is 14.9. The van der Waals surface area contributed by atoms with Crippen LogP contribution in [0.4, 0.5) is 0 Å². The second kappa shape index (κ2) is 6.62. The van der Waals surface area contributed by atoms with E-state index in [9.17, 15) is 0 Å². The Morgan fingerprint density at radius 1 is 1.15 bits per heavy atom. The van der Waals surface area contributed by atoms with Crippen molar-refractivity contribution in [2.75, 3.05) is 6.54 Å². The highest BCUT2D eigenvalue weighted by molar-refractivity contribution is 5.36. The lowest BCUT2D eigenvalue weighted by Gasteiger charge is -2.22. The van der Waals surface area contributed by atoms with Crippen LogP contribution in [0.5, 0.6) is 0 Å². The van der Waals surface area contributed by atoms with E-state index in [2.05, 4.69) is 55.1 Å². The molecule has 0 aliphatic carbocycles. The van der Waals surface area contributed by atoms with Crippen LogP contribution >= 0.6 is 0 Å². The number of rotatable bonds is 5. The summed E-state index contributed by atoms with van der Waals surface area (Å²) in [4.78, 5) is 8.94. The minimum atomic E-state index is 0.115. The predicted molar refractivity (Wildman–Crippen MR) is 82.8 cm³/mol. The van der Waals surface area contributed by atoms with E-state index in [4.69, 9.17) is 0 Å². The number of aryl methyl sites for hydroxylation is 3. The quantitative estimate of drug-likeness (QED) is 0.903. The zero-order valence-corrected chi connectivity index (χ0v) is 12.8. The molecule has 1 unspecified atom stereocenters. The second-order valence-electron chi connectivity index (χ2n) is 5.33. The smallest absolute Gasteiger partial charge is 0.0771 e. The second-order valence-corrected chi connectivity index (χ2v) is 5.33. The summed E-state index contributed by atoms with van der Waals surface area (Å²) < 4.78 is 0. The number of pyridine rings is 2. The lowest BCUT2D eigenvalue weighted by atomic mass is 9.97. The van der Waals surface area contributed by atoms with E-state index in [1.807, 2.05) is 18.6 Å². The van der Waals surface area contributed by atoms with Gasteiger partial charge in [0.15, 0.2) is 0 Å². The van der Waals surface area contributed by atoms with Crippen molar-refractivity contribution in [3.8, 4) is 0 Å². The van der Waals surface area contributed by atoms with Crippen LogP contribution in [0, 0.1) is 20.8 Å². The molecule has 2 heterocycles. The summed E-state index contributed by atoms with van der Waals surface area (Å²) in [5.74, 6) is 0. The van der Waals surface area contributed by atoms with Gasteiger partial charge in [0.1, 0.15) is 0 Å². The molecule has 0 aliphatic heterocycles. The van der Waals surface area contributed by atoms with Gasteiger partial charge in [-0.1, -0.05) is 13.0 Å². The van der Waals surface area contributed by atoms with Crippen molar-refractivity contribution in [3.05, 3.63) is 58.7 Å². The van der Waals surface area contributed by atoms with Gasteiger partial charge in [-0.05, 0) is 62.1 Å². The Bertz CT molecular complexity index is 578. The van der Waals surface area contributed by atoms with Crippen LogP contribution in [0.2, 0.25) is 0 Å². The molecule has 2 aromatic heterocycles. The Labute approximate surface area is 121 Å². The van der Waals surface area contributed by atoms with Crippen molar-refractivity contribution in [1.82, 2.24) is 15.3 Å². The molecule has 2 rings (SSSR count). The third-order valence-electron chi connectivity index (χ3n) is 3.52. The average molecular weight is 269 g/mol. The monoisotopic (exact) mass is 269 g/mol. The maximum Gasteiger partial charge on any atom is 0.0771 e. The Morgan fingerprint density at radius 3 is 2.60 bits per heavy atom. The summed E-state index contributed by atoms with van der Waals surface area (Å²) in [6.45, 7) is 9.47.